The van der Waals surface area contributed by atoms with Crippen LogP contribution < -0.4 is 0 Å². The number of halogens is 9. The predicted octanol–water partition coefficient (Wildman–Crippen LogP) is 1.12. The molecule has 21 heteroatoms. The van der Waals surface area contributed by atoms with Crippen molar-refractivity contribution in [2.45, 2.75) is 18.7 Å². The Labute approximate surface area is 144 Å². The van der Waals surface area contributed by atoms with Crippen LogP contribution in [0.5, 0.6) is 0 Å². The summed E-state index contributed by atoms with van der Waals surface area (Å²) >= 11 is 0. The highest BCUT2D eigenvalue weighted by molar-refractivity contribution is 8.25. The molecule has 0 heterocycles. The predicted molar refractivity (Wildman–Crippen MR) is 61.2 cm³/mol. The zero-order valence-electron chi connectivity index (χ0n) is 11.7. The Hall–Kier alpha value is -0.900. The van der Waals surface area contributed by atoms with Crippen LogP contribution in [-0.2, 0) is 42.9 Å². The molecule has 164 valence electrons. The highest BCUT2D eigenvalue weighted by Gasteiger charge is 2.47. The zero-order valence-corrected chi connectivity index (χ0v) is 14.2. The molecule has 27 heavy (non-hydrogen) atoms. The lowest BCUT2D eigenvalue weighted by Gasteiger charge is -2.28. The molecule has 0 atom stereocenters. The van der Waals surface area contributed by atoms with Crippen molar-refractivity contribution >= 4 is 30.4 Å². The Morgan fingerprint density at radius 3 is 1.11 bits per heavy atom. The Kier molecular flexibility index (Phi) is 7.59. The van der Waals surface area contributed by atoms with Crippen molar-refractivity contribution in [1.29, 1.82) is 0 Å². The summed E-state index contributed by atoms with van der Waals surface area (Å²) in [6, 6.07) is 0. The van der Waals surface area contributed by atoms with Crippen LogP contribution in [0.3, 0.4) is 0 Å². The van der Waals surface area contributed by atoms with Gasteiger partial charge in [-0.2, -0.15) is 30.5 Å². The summed E-state index contributed by atoms with van der Waals surface area (Å²) < 4.78 is 180. The lowest BCUT2D eigenvalue weighted by molar-refractivity contribution is -0.271. The maximum absolute atomic E-state index is 12.0. The molecule has 0 fully saturated rings. The van der Waals surface area contributed by atoms with E-state index in [4.69, 9.17) is 0 Å². The fraction of sp³-hybridized carbons (Fsp3) is 0.833. The first-order valence-corrected chi connectivity index (χ1v) is 9.53. The van der Waals surface area contributed by atoms with Gasteiger partial charge in [-0.25, -0.2) is 25.3 Å². The van der Waals surface area contributed by atoms with Crippen LogP contribution in [0.1, 0.15) is 0 Å². The molecule has 0 spiro atoms. The van der Waals surface area contributed by atoms with Gasteiger partial charge in [0.1, 0.15) is 3.91 Å². The van der Waals surface area contributed by atoms with E-state index in [-0.39, 0.29) is 0 Å². The summed E-state index contributed by atoms with van der Waals surface area (Å²) in [4.78, 5) is 0. The number of alkyl halides is 9. The number of hydrogen-bond acceptors (Lipinski definition) is 9. The van der Waals surface area contributed by atoms with E-state index >= 15 is 0 Å². The summed E-state index contributed by atoms with van der Waals surface area (Å²) in [6.45, 7) is -5.90. The first-order valence-electron chi connectivity index (χ1n) is 5.30. The summed E-state index contributed by atoms with van der Waals surface area (Å²) in [7, 11) is -20.7. The monoisotopic (exact) mass is 487 g/mol. The van der Waals surface area contributed by atoms with Crippen LogP contribution in [0.4, 0.5) is 39.5 Å². The van der Waals surface area contributed by atoms with Gasteiger partial charge in [0.25, 0.3) is 0 Å². The topological polar surface area (TPSA) is 130 Å². The minimum atomic E-state index is -7.10. The van der Waals surface area contributed by atoms with Gasteiger partial charge in [-0.1, -0.05) is 0 Å². The average Bonchev–Trinajstić information content (AvgIpc) is 2.28. The molecule has 0 aliphatic heterocycles. The van der Waals surface area contributed by atoms with Crippen molar-refractivity contribution in [3.05, 3.63) is 3.91 Å². The largest absolute Gasteiger partial charge is 0.535 e. The van der Waals surface area contributed by atoms with Crippen LogP contribution in [-0.4, -0.2) is 57.2 Å². The van der Waals surface area contributed by atoms with Crippen molar-refractivity contribution < 1.29 is 77.3 Å². The molecule has 0 bridgehead atoms. The molecular formula is C6H4F9O9S3-. The van der Waals surface area contributed by atoms with Crippen LogP contribution in [0, 0.1) is 3.91 Å². The van der Waals surface area contributed by atoms with Gasteiger partial charge in [0, 0.05) is 0 Å². The molecular weight excluding hydrogens is 483 g/mol. The van der Waals surface area contributed by atoms with Gasteiger partial charge in [0.15, 0.2) is 43.6 Å². The van der Waals surface area contributed by atoms with E-state index in [0.717, 1.165) is 0 Å². The minimum absolute atomic E-state index is 2.18. The summed E-state index contributed by atoms with van der Waals surface area (Å²) in [6.07, 6.45) is -17.5. The second kappa shape index (κ2) is 7.85. The van der Waals surface area contributed by atoms with E-state index in [1.54, 1.807) is 0 Å². The summed E-state index contributed by atoms with van der Waals surface area (Å²) in [5.74, 6) is 0. The third-order valence-corrected chi connectivity index (χ3v) is 7.74. The van der Waals surface area contributed by atoms with Crippen LogP contribution in [0.25, 0.3) is 0 Å². The molecule has 0 aromatic carbocycles. The minimum Gasteiger partial charge on any atom is -0.283 e. The SMILES string of the molecule is O=S(=O)(OCC(F)(F)F)[C-](S(=O)(=O)OCC(F)(F)F)S(=O)(=O)OC(F)(F)F. The first kappa shape index (κ1) is 26.1. The summed E-state index contributed by atoms with van der Waals surface area (Å²) in [5.41, 5.74) is 0. The van der Waals surface area contributed by atoms with E-state index in [1.807, 2.05) is 0 Å². The maximum atomic E-state index is 12.0. The van der Waals surface area contributed by atoms with Crippen LogP contribution >= 0.6 is 0 Å². The van der Waals surface area contributed by atoms with Gasteiger partial charge >= 0.3 is 18.7 Å². The van der Waals surface area contributed by atoms with E-state index in [0.29, 0.717) is 0 Å². The average molecular weight is 487 g/mol. The molecule has 0 saturated carbocycles. The third-order valence-electron chi connectivity index (χ3n) is 1.57. The maximum Gasteiger partial charge on any atom is 0.535 e. The van der Waals surface area contributed by atoms with Gasteiger partial charge in [0.2, 0.25) is 0 Å². The van der Waals surface area contributed by atoms with Gasteiger partial charge in [0.05, 0.1) is 0 Å². The third kappa shape index (κ3) is 9.73. The van der Waals surface area contributed by atoms with E-state index in [1.165, 1.54) is 0 Å². The highest BCUT2D eigenvalue weighted by atomic mass is 32.3. The fourth-order valence-electron chi connectivity index (χ4n) is 0.918. The standard InChI is InChI=1S/C6H4F9O9S3/c7-4(8,9)1-22-25(16,17)3(27(20,21)24-6(13,14)15)26(18,19)23-2-5(10,11)12/h1-2H2/q-1. The van der Waals surface area contributed by atoms with Crippen LogP contribution in [0.2, 0.25) is 0 Å². The quantitative estimate of drug-likeness (QED) is 0.281. The molecule has 0 aromatic rings. The zero-order chi connectivity index (χ0) is 22.1. The Morgan fingerprint density at radius 2 is 0.889 bits per heavy atom. The summed E-state index contributed by atoms with van der Waals surface area (Å²) in [5, 5.41) is 0. The first-order chi connectivity index (χ1) is 11.5. The highest BCUT2D eigenvalue weighted by Crippen LogP contribution is 2.35. The molecule has 0 aromatic heterocycles. The normalized spacial score (nSPS) is 15.3. The number of rotatable bonds is 8. The molecule has 0 saturated heterocycles. The molecule has 9 nitrogen and oxygen atoms in total. The second-order valence-electron chi connectivity index (χ2n) is 3.90. The van der Waals surface area contributed by atoms with E-state index in [2.05, 4.69) is 12.5 Å². The molecule has 0 rings (SSSR count). The molecule has 0 aliphatic rings. The molecule has 0 unspecified atom stereocenters. The van der Waals surface area contributed by atoms with Crippen molar-refractivity contribution in [3.63, 3.8) is 0 Å². The lowest BCUT2D eigenvalue weighted by Crippen LogP contribution is -2.38. The van der Waals surface area contributed by atoms with Crippen LogP contribution in [0.15, 0.2) is 0 Å². The van der Waals surface area contributed by atoms with Gasteiger partial charge in [-0.3, -0.25) is 8.37 Å². The fourth-order valence-corrected chi connectivity index (χ4v) is 5.79. The molecule has 0 amide bonds. The molecule has 0 radical (unpaired) electrons. The van der Waals surface area contributed by atoms with E-state index < -0.39 is 66.2 Å². The van der Waals surface area contributed by atoms with Crippen molar-refractivity contribution in [2.24, 2.45) is 0 Å². The Bertz CT molecular complexity index is 770. The molecule has 0 aliphatic carbocycles. The number of hydrogen-bond donors (Lipinski definition) is 0. The molecule has 0 N–H and O–H groups in total. The van der Waals surface area contributed by atoms with E-state index in [9.17, 15) is 64.8 Å². The van der Waals surface area contributed by atoms with Crippen molar-refractivity contribution in [3.8, 4) is 0 Å². The smallest absolute Gasteiger partial charge is 0.283 e. The van der Waals surface area contributed by atoms with Crippen molar-refractivity contribution in [1.82, 2.24) is 0 Å². The Balaban J connectivity index is 6.20. The Morgan fingerprint density at radius 1 is 0.593 bits per heavy atom. The second-order valence-corrected chi connectivity index (χ2v) is 9.26. The van der Waals surface area contributed by atoms with Gasteiger partial charge in [-0.05, 0) is 0 Å². The van der Waals surface area contributed by atoms with Crippen molar-refractivity contribution in [2.75, 3.05) is 13.2 Å². The lowest BCUT2D eigenvalue weighted by atomic mass is 10.7. The van der Waals surface area contributed by atoms with Gasteiger partial charge < -0.3 is 0 Å². The van der Waals surface area contributed by atoms with Gasteiger partial charge in [-0.15, -0.1) is 13.2 Å².